The van der Waals surface area contributed by atoms with Crippen LogP contribution in [0.2, 0.25) is 0 Å². The third-order valence-electron chi connectivity index (χ3n) is 28.3. The summed E-state index contributed by atoms with van der Waals surface area (Å²) in [6, 6.07) is 115. The van der Waals surface area contributed by atoms with Crippen molar-refractivity contribution in [3.8, 4) is 44.5 Å². The van der Waals surface area contributed by atoms with Crippen molar-refractivity contribution >= 4 is 71.7 Å². The van der Waals surface area contributed by atoms with E-state index in [-0.39, 0.29) is 10.8 Å². The highest BCUT2D eigenvalue weighted by molar-refractivity contribution is 6.21. The number of nitrogens with zero attached hydrogens (tertiary/aromatic N) is 1. The molecule has 582 valence electrons. The summed E-state index contributed by atoms with van der Waals surface area (Å²) in [4.78, 5) is 2.70. The molecule has 2 aromatic heterocycles. The number of benzene rings is 14. The van der Waals surface area contributed by atoms with Crippen molar-refractivity contribution in [1.29, 1.82) is 0 Å². The van der Waals surface area contributed by atoms with E-state index in [9.17, 15) is 0 Å². The molecular formula is C114H109NO2. The van der Waals surface area contributed by atoms with Crippen molar-refractivity contribution in [2.24, 2.45) is 0 Å². The van der Waals surface area contributed by atoms with Gasteiger partial charge in [-0.2, -0.15) is 0 Å². The van der Waals surface area contributed by atoms with Gasteiger partial charge in [0.1, 0.15) is 22.3 Å². The SMILES string of the molecule is CCCCCCCC1(CCCCCCC)c2ccccc2-c2c1c1c(c3c2oc2ccccc23)-c2ccc(N(c3ccc4c(c3)C(c3ccccc3)(c3ccccc3)c3cc5c(cc3-4)C(c3ccccc3)(c3ccccc3)c3ccc4oc6ccccc6c4c3-5)c3cccc4ccccc34)cc2C1(CCCCCCC)CCCCCCC. The van der Waals surface area contributed by atoms with E-state index in [4.69, 9.17) is 8.83 Å². The molecule has 117 heavy (non-hydrogen) atoms. The Morgan fingerprint density at radius 1 is 0.256 bits per heavy atom. The number of furan rings is 2. The van der Waals surface area contributed by atoms with E-state index in [1.54, 1.807) is 16.7 Å². The van der Waals surface area contributed by atoms with Gasteiger partial charge in [-0.25, -0.2) is 0 Å². The molecule has 14 aromatic carbocycles. The van der Waals surface area contributed by atoms with Crippen LogP contribution in [-0.2, 0) is 21.7 Å². The van der Waals surface area contributed by atoms with Crippen LogP contribution in [0.15, 0.2) is 306 Å². The zero-order valence-corrected chi connectivity index (χ0v) is 69.0. The molecule has 0 unspecified atom stereocenters. The molecule has 3 heteroatoms. The van der Waals surface area contributed by atoms with E-state index in [0.29, 0.717) is 0 Å². The summed E-state index contributed by atoms with van der Waals surface area (Å²) in [6.45, 7) is 9.50. The van der Waals surface area contributed by atoms with Crippen molar-refractivity contribution in [2.75, 3.05) is 4.90 Å². The minimum Gasteiger partial charge on any atom is -0.456 e. The molecule has 0 amide bonds. The molecule has 4 aliphatic rings. The van der Waals surface area contributed by atoms with Crippen LogP contribution in [0, 0.1) is 0 Å². The fraction of sp³-hybridized carbons (Fsp3) is 0.281. The van der Waals surface area contributed by atoms with Gasteiger partial charge >= 0.3 is 0 Å². The average molecular weight is 1530 g/mol. The topological polar surface area (TPSA) is 29.5 Å². The van der Waals surface area contributed by atoms with E-state index in [1.165, 1.54) is 256 Å². The summed E-state index contributed by atoms with van der Waals surface area (Å²) in [6.07, 6.45) is 29.3. The lowest BCUT2D eigenvalue weighted by Crippen LogP contribution is -2.33. The van der Waals surface area contributed by atoms with Crippen LogP contribution in [0.1, 0.15) is 249 Å². The predicted octanol–water partition coefficient (Wildman–Crippen LogP) is 32.8. The van der Waals surface area contributed by atoms with Gasteiger partial charge in [0, 0.05) is 54.7 Å². The minimum atomic E-state index is -0.792. The number of unbranched alkanes of at least 4 members (excludes halogenated alkanes) is 16. The van der Waals surface area contributed by atoms with Gasteiger partial charge in [-0.1, -0.05) is 393 Å². The molecule has 4 aliphatic carbocycles. The summed E-state index contributed by atoms with van der Waals surface area (Å²) >= 11 is 0. The lowest BCUT2D eigenvalue weighted by Gasteiger charge is -2.40. The number of anilines is 3. The lowest BCUT2D eigenvalue weighted by atomic mass is 9.62. The van der Waals surface area contributed by atoms with E-state index in [0.717, 1.165) is 64.5 Å². The number of hydrogen-bond acceptors (Lipinski definition) is 3. The summed E-state index contributed by atoms with van der Waals surface area (Å²) in [5, 5.41) is 7.28. The van der Waals surface area contributed by atoms with Crippen molar-refractivity contribution in [3.05, 3.63) is 364 Å². The monoisotopic (exact) mass is 1520 g/mol. The standard InChI is InChI=1S/C114H109NO2/c1-5-9-13-17-41-70-111(71-42-18-14-10-6-2)93-60-38-35-57-87(93)107-109(111)108-105(106-90-59-37-40-63-101(90)117-110(106)107)88-67-65-83(74-95(88)112(108,72-43-19-15-11-7-3)73-44-20-16-12-8-4)115(99-61-45-47-78-46-33-34-56-85(78)99)84-64-66-86-91-76-98-92(77-97(91)114(96(86)75-84,81-52-29-23-30-53-81)82-54-31-24-32-55-82)103-94(68-69-102-104(103)89-58-36-39-62-100(89)116-102)113(98,79-48-25-21-26-49-79)80-50-27-22-28-51-80/h21-40,45-69,74-77H,5-20,41-44,70-73H2,1-4H3. The Morgan fingerprint density at radius 3 is 1.25 bits per heavy atom. The fourth-order valence-corrected chi connectivity index (χ4v) is 23.3. The van der Waals surface area contributed by atoms with Crippen LogP contribution in [0.4, 0.5) is 17.1 Å². The van der Waals surface area contributed by atoms with Gasteiger partial charge < -0.3 is 13.7 Å². The van der Waals surface area contributed by atoms with Crippen LogP contribution in [-0.4, -0.2) is 0 Å². The Hall–Kier alpha value is -11.3. The zero-order chi connectivity index (χ0) is 78.7. The average Bonchev–Trinajstić information content (AvgIpc) is 1.50. The molecule has 0 atom stereocenters. The summed E-state index contributed by atoms with van der Waals surface area (Å²) in [5.41, 5.74) is 32.3. The van der Waals surface area contributed by atoms with Crippen molar-refractivity contribution < 1.29 is 8.83 Å². The van der Waals surface area contributed by atoms with Crippen LogP contribution in [0.5, 0.6) is 0 Å². The fourth-order valence-electron chi connectivity index (χ4n) is 23.3. The van der Waals surface area contributed by atoms with Gasteiger partial charge in [0.05, 0.1) is 16.5 Å². The van der Waals surface area contributed by atoms with Crippen LogP contribution < -0.4 is 4.90 Å². The first kappa shape index (κ1) is 74.6. The van der Waals surface area contributed by atoms with E-state index < -0.39 is 10.8 Å². The highest BCUT2D eigenvalue weighted by Gasteiger charge is 2.56. The Labute approximate surface area is 692 Å². The molecular weight excluding hydrogens is 1420 g/mol. The maximum atomic E-state index is 7.68. The lowest BCUT2D eigenvalue weighted by molar-refractivity contribution is 0.369. The van der Waals surface area contributed by atoms with Gasteiger partial charge in [-0.15, -0.1) is 0 Å². The highest BCUT2D eigenvalue weighted by atomic mass is 16.3. The summed E-state index contributed by atoms with van der Waals surface area (Å²) in [7, 11) is 0. The number of fused-ring (bicyclic) bond motifs is 23. The molecule has 16 aromatic rings. The van der Waals surface area contributed by atoms with Crippen molar-refractivity contribution in [2.45, 2.75) is 203 Å². The van der Waals surface area contributed by atoms with Crippen LogP contribution in [0.25, 0.3) is 99.2 Å². The molecule has 20 rings (SSSR count). The van der Waals surface area contributed by atoms with Gasteiger partial charge in [0.15, 0.2) is 0 Å². The third-order valence-corrected chi connectivity index (χ3v) is 28.3. The molecule has 0 aliphatic heterocycles. The second-order valence-corrected chi connectivity index (χ2v) is 34.8. The molecule has 0 N–H and O–H groups in total. The Bertz CT molecular complexity index is 6240. The number of rotatable bonds is 31. The minimum absolute atomic E-state index is 0.197. The molecule has 2 heterocycles. The zero-order valence-electron chi connectivity index (χ0n) is 69.0. The summed E-state index contributed by atoms with van der Waals surface area (Å²) < 4.78 is 14.6. The largest absolute Gasteiger partial charge is 0.456 e. The maximum Gasteiger partial charge on any atom is 0.144 e. The first-order chi connectivity index (χ1) is 57.9. The Balaban J connectivity index is 0.870. The first-order valence-corrected chi connectivity index (χ1v) is 45.0. The van der Waals surface area contributed by atoms with Crippen LogP contribution in [0.3, 0.4) is 0 Å². The molecule has 0 saturated carbocycles. The smallest absolute Gasteiger partial charge is 0.144 e. The first-order valence-electron chi connectivity index (χ1n) is 45.0. The van der Waals surface area contributed by atoms with Gasteiger partial charge in [-0.05, 0) is 197 Å². The second kappa shape index (κ2) is 31.3. The predicted molar refractivity (Wildman–Crippen MR) is 494 cm³/mol. The molecule has 3 nitrogen and oxygen atoms in total. The molecule has 0 spiro atoms. The third kappa shape index (κ3) is 11.8. The quantitative estimate of drug-likeness (QED) is 0.0406. The summed E-state index contributed by atoms with van der Waals surface area (Å²) in [5.74, 6) is 0. The van der Waals surface area contributed by atoms with Gasteiger partial charge in [0.2, 0.25) is 0 Å². The normalized spacial score (nSPS) is 14.6. The van der Waals surface area contributed by atoms with E-state index >= 15 is 0 Å². The van der Waals surface area contributed by atoms with Crippen molar-refractivity contribution in [3.63, 3.8) is 0 Å². The van der Waals surface area contributed by atoms with Gasteiger partial charge in [0.25, 0.3) is 0 Å². The molecule has 0 radical (unpaired) electrons. The molecule has 0 bridgehead atoms. The van der Waals surface area contributed by atoms with E-state index in [1.807, 2.05) is 0 Å². The van der Waals surface area contributed by atoms with Gasteiger partial charge in [-0.3, -0.25) is 0 Å². The van der Waals surface area contributed by atoms with Crippen LogP contribution >= 0.6 is 0 Å². The second-order valence-electron chi connectivity index (χ2n) is 34.8. The number of para-hydroxylation sites is 2. The maximum absolute atomic E-state index is 7.68. The number of hydrogen-bond donors (Lipinski definition) is 0. The Kier molecular flexibility index (Phi) is 20.0. The van der Waals surface area contributed by atoms with Crippen molar-refractivity contribution in [1.82, 2.24) is 0 Å². The Morgan fingerprint density at radius 2 is 0.675 bits per heavy atom. The highest BCUT2D eigenvalue weighted by Crippen LogP contribution is 2.70. The molecule has 0 fully saturated rings. The molecule has 0 saturated heterocycles. The van der Waals surface area contributed by atoms with E-state index in [2.05, 4.69) is 330 Å².